The van der Waals surface area contributed by atoms with Gasteiger partial charge in [-0.1, -0.05) is 0 Å². The molecule has 2 aliphatic heterocycles. The highest BCUT2D eigenvalue weighted by atomic mass is 16.7. The number of nitrogens with zero attached hydrogens (tertiary/aromatic N) is 1. The van der Waals surface area contributed by atoms with Gasteiger partial charge >= 0.3 is 0 Å². The molecule has 0 saturated carbocycles. The first-order valence-corrected chi connectivity index (χ1v) is 6.79. The number of nitrogens with one attached hydrogen (secondary N) is 2. The molecule has 0 aromatic heterocycles. The first-order chi connectivity index (χ1) is 9.74. The van der Waals surface area contributed by atoms with Crippen molar-refractivity contribution in [2.24, 2.45) is 0 Å². The largest absolute Gasteiger partial charge is 0.454 e. The average Bonchev–Trinajstić information content (AvgIpc) is 2.73. The maximum atomic E-state index is 11.2. The van der Waals surface area contributed by atoms with Crippen LogP contribution in [0.4, 0.5) is 11.4 Å². The zero-order valence-electron chi connectivity index (χ0n) is 11.1. The summed E-state index contributed by atoms with van der Waals surface area (Å²) in [6.45, 7) is 2.04. The molecule has 0 aliphatic carbocycles. The molecule has 7 nitrogen and oxygen atoms in total. The zero-order chi connectivity index (χ0) is 13.9. The summed E-state index contributed by atoms with van der Waals surface area (Å²) in [6, 6.07) is 3.34. The van der Waals surface area contributed by atoms with Crippen LogP contribution in [-0.4, -0.2) is 30.8 Å². The van der Waals surface area contributed by atoms with Gasteiger partial charge in [-0.25, -0.2) is 0 Å². The highest BCUT2D eigenvalue weighted by Crippen LogP contribution is 2.41. The Bertz CT molecular complexity index is 513. The van der Waals surface area contributed by atoms with Crippen LogP contribution in [0.2, 0.25) is 0 Å². The van der Waals surface area contributed by atoms with Crippen molar-refractivity contribution in [1.82, 2.24) is 5.32 Å². The van der Waals surface area contributed by atoms with Crippen LogP contribution in [0, 0.1) is 10.1 Å². The Hall–Kier alpha value is -2.02. The first-order valence-electron chi connectivity index (χ1n) is 6.79. The van der Waals surface area contributed by atoms with Gasteiger partial charge in [0.1, 0.15) is 5.69 Å². The van der Waals surface area contributed by atoms with E-state index >= 15 is 0 Å². The summed E-state index contributed by atoms with van der Waals surface area (Å²) in [5.41, 5.74) is 0.539. The molecular formula is C13H17N3O4. The monoisotopic (exact) mass is 279 g/mol. The fourth-order valence-electron chi connectivity index (χ4n) is 2.58. The second-order valence-electron chi connectivity index (χ2n) is 5.00. The van der Waals surface area contributed by atoms with Crippen LogP contribution in [0.25, 0.3) is 0 Å². The highest BCUT2D eigenvalue weighted by molar-refractivity contribution is 5.69. The van der Waals surface area contributed by atoms with E-state index in [0.29, 0.717) is 17.2 Å². The molecule has 2 N–H and O–H groups in total. The summed E-state index contributed by atoms with van der Waals surface area (Å²) in [4.78, 5) is 10.8. The summed E-state index contributed by atoms with van der Waals surface area (Å²) in [6.07, 6.45) is 3.01. The summed E-state index contributed by atoms with van der Waals surface area (Å²) in [5.74, 6) is 0.995. The molecule has 1 fully saturated rings. The van der Waals surface area contributed by atoms with Crippen LogP contribution < -0.4 is 20.1 Å². The summed E-state index contributed by atoms with van der Waals surface area (Å²) in [7, 11) is 0. The molecule has 7 heteroatoms. The lowest BCUT2D eigenvalue weighted by atomic mass is 10.1. The van der Waals surface area contributed by atoms with Gasteiger partial charge in [0.25, 0.3) is 5.69 Å². The molecule has 1 aromatic rings. The Morgan fingerprint density at radius 1 is 1.25 bits per heavy atom. The van der Waals surface area contributed by atoms with Gasteiger partial charge in [-0.15, -0.1) is 0 Å². The molecule has 0 radical (unpaired) electrons. The fourth-order valence-corrected chi connectivity index (χ4v) is 2.58. The van der Waals surface area contributed by atoms with E-state index in [4.69, 9.17) is 9.47 Å². The van der Waals surface area contributed by atoms with Gasteiger partial charge in [0.15, 0.2) is 11.5 Å². The van der Waals surface area contributed by atoms with E-state index in [1.165, 1.54) is 6.07 Å². The van der Waals surface area contributed by atoms with E-state index in [9.17, 15) is 10.1 Å². The number of anilines is 1. The minimum absolute atomic E-state index is 0.0338. The molecule has 20 heavy (non-hydrogen) atoms. The van der Waals surface area contributed by atoms with Crippen molar-refractivity contribution in [3.05, 3.63) is 22.2 Å². The van der Waals surface area contributed by atoms with E-state index in [0.717, 1.165) is 32.4 Å². The third-order valence-electron chi connectivity index (χ3n) is 3.62. The quantitative estimate of drug-likeness (QED) is 0.649. The van der Waals surface area contributed by atoms with E-state index in [-0.39, 0.29) is 23.4 Å². The lowest BCUT2D eigenvalue weighted by molar-refractivity contribution is -0.384. The number of nitro groups is 1. The van der Waals surface area contributed by atoms with Crippen LogP contribution >= 0.6 is 0 Å². The highest BCUT2D eigenvalue weighted by Gasteiger charge is 2.25. The maximum absolute atomic E-state index is 11.2. The van der Waals surface area contributed by atoms with Crippen molar-refractivity contribution in [3.8, 4) is 11.5 Å². The van der Waals surface area contributed by atoms with Gasteiger partial charge in [0.2, 0.25) is 6.79 Å². The third kappa shape index (κ3) is 2.62. The molecule has 1 unspecified atom stereocenters. The van der Waals surface area contributed by atoms with Gasteiger partial charge < -0.3 is 20.1 Å². The number of fused-ring (bicyclic) bond motifs is 1. The molecular weight excluding hydrogens is 262 g/mol. The maximum Gasteiger partial charge on any atom is 0.296 e. The van der Waals surface area contributed by atoms with Crippen LogP contribution in [-0.2, 0) is 0 Å². The van der Waals surface area contributed by atoms with Gasteiger partial charge in [0, 0.05) is 12.1 Å². The lowest BCUT2D eigenvalue weighted by Crippen LogP contribution is -2.22. The van der Waals surface area contributed by atoms with Crippen molar-refractivity contribution in [1.29, 1.82) is 0 Å². The molecule has 1 atom stereocenters. The summed E-state index contributed by atoms with van der Waals surface area (Å²) in [5, 5.41) is 17.8. The van der Waals surface area contributed by atoms with Gasteiger partial charge in [-0.3, -0.25) is 10.1 Å². The molecule has 0 bridgehead atoms. The van der Waals surface area contributed by atoms with Gasteiger partial charge in [-0.05, 0) is 32.4 Å². The Kier molecular flexibility index (Phi) is 3.60. The second-order valence-corrected chi connectivity index (χ2v) is 5.00. The Labute approximate surface area is 116 Å². The van der Waals surface area contributed by atoms with Crippen LogP contribution in [0.5, 0.6) is 11.5 Å². The Morgan fingerprint density at radius 3 is 2.85 bits per heavy atom. The van der Waals surface area contributed by atoms with E-state index in [2.05, 4.69) is 10.6 Å². The number of rotatable bonds is 3. The minimum Gasteiger partial charge on any atom is -0.454 e. The normalized spacial score (nSPS) is 21.3. The number of nitro benzene ring substituents is 1. The van der Waals surface area contributed by atoms with E-state index < -0.39 is 0 Å². The number of hydrogen-bond acceptors (Lipinski definition) is 6. The molecule has 0 amide bonds. The van der Waals surface area contributed by atoms with Crippen LogP contribution in [0.3, 0.4) is 0 Å². The molecule has 1 aromatic carbocycles. The zero-order valence-corrected chi connectivity index (χ0v) is 11.1. The smallest absolute Gasteiger partial charge is 0.296 e. The van der Waals surface area contributed by atoms with Crippen molar-refractivity contribution in [2.45, 2.75) is 25.3 Å². The number of hydrogen-bond donors (Lipinski definition) is 2. The molecule has 2 heterocycles. The lowest BCUT2D eigenvalue weighted by Gasteiger charge is -2.17. The summed E-state index contributed by atoms with van der Waals surface area (Å²) < 4.78 is 10.5. The third-order valence-corrected chi connectivity index (χ3v) is 3.62. The van der Waals surface area contributed by atoms with Crippen molar-refractivity contribution < 1.29 is 14.4 Å². The molecule has 3 rings (SSSR count). The standard InChI is InChI=1S/C13H17N3O4/c17-16(18)11-7-13-12(19-8-20-13)6-10(11)15-9-2-1-4-14-5-3-9/h6-7,9,14-15H,1-5,8H2. The Balaban J connectivity index is 1.85. The molecule has 1 saturated heterocycles. The van der Waals surface area contributed by atoms with Gasteiger partial charge in [0.05, 0.1) is 11.0 Å². The topological polar surface area (TPSA) is 85.7 Å². The minimum atomic E-state index is -0.390. The van der Waals surface area contributed by atoms with E-state index in [1.54, 1.807) is 6.07 Å². The molecule has 2 aliphatic rings. The number of benzene rings is 1. The SMILES string of the molecule is O=[N+]([O-])c1cc2c(cc1NC1CCCNCC1)OCO2. The predicted octanol–water partition coefficient (Wildman–Crippen LogP) is 1.88. The number of ether oxygens (including phenoxy) is 2. The summed E-state index contributed by atoms with van der Waals surface area (Å²) >= 11 is 0. The average molecular weight is 279 g/mol. The molecule has 0 spiro atoms. The van der Waals surface area contributed by atoms with Gasteiger partial charge in [-0.2, -0.15) is 0 Å². The first kappa shape index (κ1) is 13.0. The van der Waals surface area contributed by atoms with Crippen molar-refractivity contribution in [2.75, 3.05) is 25.2 Å². The van der Waals surface area contributed by atoms with Crippen molar-refractivity contribution in [3.63, 3.8) is 0 Å². The molecule has 108 valence electrons. The predicted molar refractivity (Wildman–Crippen MR) is 73.4 cm³/mol. The second kappa shape index (κ2) is 5.54. The van der Waals surface area contributed by atoms with Crippen LogP contribution in [0.15, 0.2) is 12.1 Å². The van der Waals surface area contributed by atoms with Crippen molar-refractivity contribution >= 4 is 11.4 Å². The van der Waals surface area contributed by atoms with Crippen LogP contribution in [0.1, 0.15) is 19.3 Å². The fraction of sp³-hybridized carbons (Fsp3) is 0.538. The van der Waals surface area contributed by atoms with E-state index in [1.807, 2.05) is 0 Å². The Morgan fingerprint density at radius 2 is 2.05 bits per heavy atom.